The number of carbonyl (C=O) groups is 2. The first-order valence-corrected chi connectivity index (χ1v) is 14.1. The zero-order valence-corrected chi connectivity index (χ0v) is 23.7. The number of esters is 1. The van der Waals surface area contributed by atoms with Gasteiger partial charge < -0.3 is 24.7 Å². The van der Waals surface area contributed by atoms with Crippen molar-refractivity contribution >= 4 is 39.9 Å². The van der Waals surface area contributed by atoms with Crippen LogP contribution in [0.5, 0.6) is 0 Å². The first-order chi connectivity index (χ1) is 19.4. The second-order valence-electron chi connectivity index (χ2n) is 9.29. The third kappa shape index (κ3) is 6.33. The molecular formula is C28H29ClN6O4S. The molecule has 0 spiro atoms. The summed E-state index contributed by atoms with van der Waals surface area (Å²) in [5.74, 6) is -0.698. The third-order valence-corrected chi connectivity index (χ3v) is 8.02. The van der Waals surface area contributed by atoms with E-state index in [1.807, 2.05) is 37.3 Å². The van der Waals surface area contributed by atoms with E-state index in [2.05, 4.69) is 25.2 Å². The Kier molecular flexibility index (Phi) is 8.73. The van der Waals surface area contributed by atoms with Crippen LogP contribution in [0.2, 0.25) is 5.02 Å². The van der Waals surface area contributed by atoms with Gasteiger partial charge in [-0.15, -0.1) is 0 Å². The number of anilines is 1. The molecule has 10 nitrogen and oxygen atoms in total. The number of benzene rings is 1. The maximum Gasteiger partial charge on any atom is 0.350 e. The standard InChI is InChI=1S/C28H29ClN6O4S/c1-3-38-27(37)25-24(22-14-30-10-11-31-22)34-28(40-25)35-12-9-20(33-26(36)21-13-19(29)17(2)32-21)23(15-35)39-16-18-7-5-4-6-8-18/h4-8,10-11,13-14,20,23,32H,3,9,12,15-16H2,1-2H3,(H,33,36)/t20-,23+/m1/s1. The molecule has 0 saturated carbocycles. The van der Waals surface area contributed by atoms with Crippen LogP contribution < -0.4 is 10.2 Å². The van der Waals surface area contributed by atoms with E-state index in [0.29, 0.717) is 58.2 Å². The van der Waals surface area contributed by atoms with Gasteiger partial charge in [0, 0.05) is 31.2 Å². The van der Waals surface area contributed by atoms with E-state index >= 15 is 0 Å². The summed E-state index contributed by atoms with van der Waals surface area (Å²) in [7, 11) is 0. The van der Waals surface area contributed by atoms with E-state index in [0.717, 1.165) is 11.3 Å². The monoisotopic (exact) mass is 580 g/mol. The molecule has 0 bridgehead atoms. The van der Waals surface area contributed by atoms with Crippen LogP contribution in [0.15, 0.2) is 55.0 Å². The summed E-state index contributed by atoms with van der Waals surface area (Å²) in [6, 6.07) is 11.2. The van der Waals surface area contributed by atoms with Gasteiger partial charge in [-0.1, -0.05) is 53.3 Å². The fraction of sp³-hybridized carbons (Fsp3) is 0.321. The average Bonchev–Trinajstić information content (AvgIpc) is 3.57. The van der Waals surface area contributed by atoms with Crippen molar-refractivity contribution < 1.29 is 19.1 Å². The maximum atomic E-state index is 13.0. The molecule has 3 aromatic heterocycles. The van der Waals surface area contributed by atoms with Crippen molar-refractivity contribution in [3.05, 3.63) is 81.8 Å². The minimum atomic E-state index is -0.453. The number of carbonyl (C=O) groups excluding carboxylic acids is 2. The van der Waals surface area contributed by atoms with Crippen LogP contribution in [0.4, 0.5) is 5.13 Å². The van der Waals surface area contributed by atoms with Crippen LogP contribution >= 0.6 is 22.9 Å². The lowest BCUT2D eigenvalue weighted by Crippen LogP contribution is -2.55. The van der Waals surface area contributed by atoms with Gasteiger partial charge in [0.2, 0.25) is 0 Å². The summed E-state index contributed by atoms with van der Waals surface area (Å²) in [6.07, 6.45) is 4.96. The first-order valence-electron chi connectivity index (χ1n) is 12.9. The molecule has 1 aliphatic rings. The van der Waals surface area contributed by atoms with Crippen LogP contribution in [-0.4, -0.2) is 63.7 Å². The lowest BCUT2D eigenvalue weighted by Gasteiger charge is -2.38. The number of ether oxygens (including phenoxy) is 2. The van der Waals surface area contributed by atoms with Gasteiger partial charge in [0.25, 0.3) is 5.91 Å². The average molecular weight is 581 g/mol. The van der Waals surface area contributed by atoms with Gasteiger partial charge in [-0.25, -0.2) is 9.78 Å². The molecule has 208 valence electrons. The van der Waals surface area contributed by atoms with Gasteiger partial charge in [0.05, 0.1) is 36.6 Å². The van der Waals surface area contributed by atoms with Gasteiger partial charge in [-0.2, -0.15) is 0 Å². The number of H-pyrrole nitrogens is 1. The van der Waals surface area contributed by atoms with Gasteiger partial charge in [0.15, 0.2) is 5.13 Å². The molecule has 1 aromatic carbocycles. The van der Waals surface area contributed by atoms with Crippen LogP contribution in [0, 0.1) is 6.92 Å². The fourth-order valence-corrected chi connectivity index (χ4v) is 5.64. The topological polar surface area (TPSA) is 122 Å². The smallest absolute Gasteiger partial charge is 0.350 e. The van der Waals surface area contributed by atoms with E-state index in [1.165, 1.54) is 11.3 Å². The van der Waals surface area contributed by atoms with Crippen LogP contribution in [0.25, 0.3) is 11.4 Å². The minimum Gasteiger partial charge on any atom is -0.462 e. The Labute approximate surface area is 240 Å². The highest BCUT2D eigenvalue weighted by Gasteiger charge is 2.34. The van der Waals surface area contributed by atoms with Crippen molar-refractivity contribution in [3.63, 3.8) is 0 Å². The molecule has 0 aliphatic carbocycles. The zero-order chi connectivity index (χ0) is 28.1. The number of halogens is 1. The van der Waals surface area contributed by atoms with E-state index in [9.17, 15) is 9.59 Å². The fourth-order valence-electron chi connectivity index (χ4n) is 4.48. The molecule has 1 fully saturated rings. The molecular weight excluding hydrogens is 552 g/mol. The molecule has 1 saturated heterocycles. The first kappa shape index (κ1) is 27.8. The van der Waals surface area contributed by atoms with Crippen molar-refractivity contribution in [2.45, 2.75) is 39.0 Å². The van der Waals surface area contributed by atoms with Gasteiger partial charge in [0.1, 0.15) is 22.0 Å². The third-order valence-electron chi connectivity index (χ3n) is 6.53. The highest BCUT2D eigenvalue weighted by Crippen LogP contribution is 2.34. The summed E-state index contributed by atoms with van der Waals surface area (Å²) >= 11 is 7.41. The molecule has 4 heterocycles. The summed E-state index contributed by atoms with van der Waals surface area (Å²) in [6.45, 7) is 5.26. The van der Waals surface area contributed by atoms with Crippen molar-refractivity contribution in [2.75, 3.05) is 24.6 Å². The molecule has 1 amide bonds. The molecule has 0 radical (unpaired) electrons. The molecule has 2 N–H and O–H groups in total. The maximum absolute atomic E-state index is 13.0. The van der Waals surface area contributed by atoms with Crippen molar-refractivity contribution in [1.29, 1.82) is 0 Å². The Bertz CT molecular complexity index is 1440. The molecule has 40 heavy (non-hydrogen) atoms. The van der Waals surface area contributed by atoms with Gasteiger partial charge >= 0.3 is 5.97 Å². The number of nitrogens with zero attached hydrogens (tertiary/aromatic N) is 4. The van der Waals surface area contributed by atoms with Crippen molar-refractivity contribution in [1.82, 2.24) is 25.3 Å². The second-order valence-corrected chi connectivity index (χ2v) is 10.7. The molecule has 5 rings (SSSR count). The second kappa shape index (κ2) is 12.6. The Morgan fingerprint density at radius 2 is 2.08 bits per heavy atom. The number of aryl methyl sites for hydroxylation is 1. The van der Waals surface area contributed by atoms with E-state index in [1.54, 1.807) is 31.6 Å². The van der Waals surface area contributed by atoms with Crippen molar-refractivity contribution in [2.24, 2.45) is 0 Å². The number of piperidine rings is 1. The minimum absolute atomic E-state index is 0.245. The van der Waals surface area contributed by atoms with E-state index < -0.39 is 5.97 Å². The number of nitrogens with one attached hydrogen (secondary N) is 2. The molecule has 12 heteroatoms. The number of thiazole rings is 1. The summed E-state index contributed by atoms with van der Waals surface area (Å²) in [4.78, 5) is 44.6. The van der Waals surface area contributed by atoms with Crippen molar-refractivity contribution in [3.8, 4) is 11.4 Å². The number of rotatable bonds is 9. The number of aromatic amines is 1. The molecule has 0 unspecified atom stereocenters. The molecule has 4 aromatic rings. The Hall–Kier alpha value is -3.80. The zero-order valence-electron chi connectivity index (χ0n) is 22.1. The SMILES string of the molecule is CCOC(=O)c1sc(N2CC[C@@H](NC(=O)c3cc(Cl)c(C)[nH]3)[C@@H](OCc3ccccc3)C2)nc1-c1cnccn1. The predicted octanol–water partition coefficient (Wildman–Crippen LogP) is 4.66. The highest BCUT2D eigenvalue weighted by molar-refractivity contribution is 7.17. The van der Waals surface area contributed by atoms with Gasteiger partial charge in [-0.05, 0) is 31.9 Å². The highest BCUT2D eigenvalue weighted by atomic mass is 35.5. The number of hydrogen-bond acceptors (Lipinski definition) is 9. The molecule has 1 aliphatic heterocycles. The number of amides is 1. The van der Waals surface area contributed by atoms with Gasteiger partial charge in [-0.3, -0.25) is 14.8 Å². The van der Waals surface area contributed by atoms with Crippen LogP contribution in [0.3, 0.4) is 0 Å². The largest absolute Gasteiger partial charge is 0.462 e. The molecule has 2 atom stereocenters. The predicted molar refractivity (Wildman–Crippen MR) is 153 cm³/mol. The summed E-state index contributed by atoms with van der Waals surface area (Å²) in [5.41, 5.74) is 3.09. The lowest BCUT2D eigenvalue weighted by atomic mass is 10.0. The Morgan fingerprint density at radius 3 is 2.77 bits per heavy atom. The lowest BCUT2D eigenvalue weighted by molar-refractivity contribution is 0.00967. The normalized spacial score (nSPS) is 17.0. The number of aromatic nitrogens is 4. The Morgan fingerprint density at radius 1 is 1.25 bits per heavy atom. The Balaban J connectivity index is 1.39. The van der Waals surface area contributed by atoms with E-state index in [4.69, 9.17) is 26.1 Å². The van der Waals surface area contributed by atoms with Crippen LogP contribution in [-0.2, 0) is 16.1 Å². The quantitative estimate of drug-likeness (QED) is 0.274. The summed E-state index contributed by atoms with van der Waals surface area (Å²) in [5, 5.41) is 4.28. The number of hydrogen-bond donors (Lipinski definition) is 2. The van der Waals surface area contributed by atoms with Crippen LogP contribution in [0.1, 0.15) is 44.8 Å². The summed E-state index contributed by atoms with van der Waals surface area (Å²) < 4.78 is 11.7. The van der Waals surface area contributed by atoms with E-state index in [-0.39, 0.29) is 24.7 Å².